The van der Waals surface area contributed by atoms with E-state index in [-0.39, 0.29) is 5.91 Å². The average molecular weight is 347 g/mol. The lowest BCUT2D eigenvalue weighted by molar-refractivity contribution is -0.131. The molecule has 3 rings (SSSR count). The summed E-state index contributed by atoms with van der Waals surface area (Å²) >= 11 is 1.76. The average Bonchev–Trinajstić information content (AvgIpc) is 2.88. The predicted molar refractivity (Wildman–Crippen MR) is 100.0 cm³/mol. The van der Waals surface area contributed by atoms with Crippen molar-refractivity contribution in [1.82, 2.24) is 14.9 Å². The summed E-state index contributed by atoms with van der Waals surface area (Å²) in [5, 5.41) is 1.20. The molecule has 1 fully saturated rings. The summed E-state index contributed by atoms with van der Waals surface area (Å²) in [7, 11) is 0. The Balaban J connectivity index is 1.89. The number of nitrogens with zero attached hydrogens (tertiary/aromatic N) is 4. The number of fused-ring (bicyclic) bond motifs is 1. The number of carbonyl (C=O) groups is 1. The van der Waals surface area contributed by atoms with Crippen LogP contribution in [0.5, 0.6) is 0 Å². The Kier molecular flexibility index (Phi) is 5.04. The lowest BCUT2D eigenvalue weighted by Gasteiger charge is -2.36. The first-order valence-corrected chi connectivity index (χ1v) is 9.66. The van der Waals surface area contributed by atoms with Crippen LogP contribution in [0.15, 0.2) is 0 Å². The number of amides is 1. The van der Waals surface area contributed by atoms with Gasteiger partial charge in [-0.2, -0.15) is 0 Å². The second-order valence-electron chi connectivity index (χ2n) is 6.40. The molecule has 0 N–H and O–H groups in total. The standard InChI is InChI=1S/C18H26N4OS/c1-5-7-15(23)21-8-10-22(11-9-21)17-16-12(3)13(4)24-18(16)20-14(6-2)19-17/h5-11H2,1-4H3. The number of thiophene rings is 1. The third-order valence-electron chi connectivity index (χ3n) is 4.77. The second kappa shape index (κ2) is 7.05. The minimum Gasteiger partial charge on any atom is -0.352 e. The smallest absolute Gasteiger partial charge is 0.222 e. The van der Waals surface area contributed by atoms with Crippen LogP contribution in [0.3, 0.4) is 0 Å². The molecule has 24 heavy (non-hydrogen) atoms. The van der Waals surface area contributed by atoms with Crippen molar-refractivity contribution in [3.05, 3.63) is 16.3 Å². The lowest BCUT2D eigenvalue weighted by Crippen LogP contribution is -2.49. The Morgan fingerprint density at radius 2 is 1.83 bits per heavy atom. The van der Waals surface area contributed by atoms with Gasteiger partial charge < -0.3 is 9.80 Å². The van der Waals surface area contributed by atoms with Gasteiger partial charge in [0.2, 0.25) is 5.91 Å². The highest BCUT2D eigenvalue weighted by molar-refractivity contribution is 7.18. The zero-order chi connectivity index (χ0) is 17.3. The van der Waals surface area contributed by atoms with E-state index in [2.05, 4.69) is 32.6 Å². The highest BCUT2D eigenvalue weighted by atomic mass is 32.1. The van der Waals surface area contributed by atoms with E-state index in [1.807, 2.05) is 4.90 Å². The predicted octanol–water partition coefficient (Wildman–Crippen LogP) is 3.32. The molecule has 2 aromatic heterocycles. The normalized spacial score (nSPS) is 15.3. The molecule has 1 amide bonds. The molecule has 1 saturated heterocycles. The van der Waals surface area contributed by atoms with Crippen LogP contribution >= 0.6 is 11.3 Å². The molecule has 3 heterocycles. The third kappa shape index (κ3) is 3.11. The van der Waals surface area contributed by atoms with Gasteiger partial charge in [-0.3, -0.25) is 4.79 Å². The van der Waals surface area contributed by atoms with Gasteiger partial charge in [0.1, 0.15) is 16.5 Å². The largest absolute Gasteiger partial charge is 0.352 e. The van der Waals surface area contributed by atoms with Crippen LogP contribution in [0.25, 0.3) is 10.2 Å². The fourth-order valence-electron chi connectivity index (χ4n) is 3.20. The Morgan fingerprint density at radius 1 is 1.12 bits per heavy atom. The Hall–Kier alpha value is -1.69. The molecule has 0 atom stereocenters. The zero-order valence-electron chi connectivity index (χ0n) is 15.1. The summed E-state index contributed by atoms with van der Waals surface area (Å²) in [6.07, 6.45) is 2.41. The van der Waals surface area contributed by atoms with Crippen LogP contribution in [-0.4, -0.2) is 47.0 Å². The number of anilines is 1. The number of carbonyl (C=O) groups excluding carboxylic acids is 1. The number of piperazine rings is 1. The molecule has 1 aliphatic heterocycles. The fraction of sp³-hybridized carbons (Fsp3) is 0.611. The van der Waals surface area contributed by atoms with Crippen LogP contribution in [0.2, 0.25) is 0 Å². The first-order valence-electron chi connectivity index (χ1n) is 8.84. The van der Waals surface area contributed by atoms with E-state index in [0.29, 0.717) is 6.42 Å². The number of rotatable bonds is 4. The Labute approximate surface area is 147 Å². The molecule has 0 spiro atoms. The van der Waals surface area contributed by atoms with E-state index in [9.17, 15) is 4.79 Å². The van der Waals surface area contributed by atoms with Crippen LogP contribution in [-0.2, 0) is 11.2 Å². The molecule has 0 bridgehead atoms. The number of aromatic nitrogens is 2. The highest BCUT2D eigenvalue weighted by Gasteiger charge is 2.24. The van der Waals surface area contributed by atoms with Crippen LogP contribution in [0.1, 0.15) is 43.0 Å². The van der Waals surface area contributed by atoms with Crippen molar-refractivity contribution < 1.29 is 4.79 Å². The molecule has 0 aliphatic carbocycles. The zero-order valence-corrected chi connectivity index (χ0v) is 15.9. The molecule has 0 unspecified atom stereocenters. The van der Waals surface area contributed by atoms with Crippen molar-refractivity contribution in [2.75, 3.05) is 31.1 Å². The van der Waals surface area contributed by atoms with Crippen molar-refractivity contribution >= 4 is 33.3 Å². The summed E-state index contributed by atoms with van der Waals surface area (Å²) in [4.78, 5) is 28.4. The maximum Gasteiger partial charge on any atom is 0.222 e. The van der Waals surface area contributed by atoms with Gasteiger partial charge in [-0.05, 0) is 25.8 Å². The van der Waals surface area contributed by atoms with Gasteiger partial charge in [0.05, 0.1) is 5.39 Å². The summed E-state index contributed by atoms with van der Waals surface area (Å²) < 4.78 is 0. The van der Waals surface area contributed by atoms with Crippen molar-refractivity contribution in [3.63, 3.8) is 0 Å². The van der Waals surface area contributed by atoms with E-state index in [0.717, 1.165) is 55.5 Å². The molecule has 6 heteroatoms. The quantitative estimate of drug-likeness (QED) is 0.852. The molecule has 130 valence electrons. The first-order chi connectivity index (χ1) is 11.5. The molecule has 5 nitrogen and oxygen atoms in total. The van der Waals surface area contributed by atoms with E-state index in [1.165, 1.54) is 15.8 Å². The van der Waals surface area contributed by atoms with Gasteiger partial charge in [-0.1, -0.05) is 13.8 Å². The Bertz CT molecular complexity index is 747. The molecule has 0 radical (unpaired) electrons. The fourth-order valence-corrected chi connectivity index (χ4v) is 4.24. The first kappa shape index (κ1) is 17.1. The van der Waals surface area contributed by atoms with Crippen LogP contribution < -0.4 is 4.90 Å². The van der Waals surface area contributed by atoms with Crippen molar-refractivity contribution in [1.29, 1.82) is 0 Å². The number of hydrogen-bond acceptors (Lipinski definition) is 5. The molecule has 0 saturated carbocycles. The van der Waals surface area contributed by atoms with E-state index in [4.69, 9.17) is 9.97 Å². The van der Waals surface area contributed by atoms with Gasteiger partial charge in [-0.25, -0.2) is 9.97 Å². The minimum atomic E-state index is 0.279. The van der Waals surface area contributed by atoms with Crippen LogP contribution in [0, 0.1) is 13.8 Å². The summed E-state index contributed by atoms with van der Waals surface area (Å²) in [5.41, 5.74) is 1.29. The maximum absolute atomic E-state index is 12.1. The van der Waals surface area contributed by atoms with E-state index in [1.54, 1.807) is 11.3 Å². The van der Waals surface area contributed by atoms with E-state index >= 15 is 0 Å². The third-order valence-corrected chi connectivity index (χ3v) is 5.87. The van der Waals surface area contributed by atoms with Gasteiger partial charge in [0, 0.05) is 43.9 Å². The number of aryl methyl sites for hydroxylation is 3. The van der Waals surface area contributed by atoms with Crippen molar-refractivity contribution in [2.45, 2.75) is 47.0 Å². The Morgan fingerprint density at radius 3 is 2.46 bits per heavy atom. The van der Waals surface area contributed by atoms with Gasteiger partial charge in [-0.15, -0.1) is 11.3 Å². The van der Waals surface area contributed by atoms with Crippen molar-refractivity contribution in [3.8, 4) is 0 Å². The lowest BCUT2D eigenvalue weighted by atomic mass is 10.2. The summed E-state index contributed by atoms with van der Waals surface area (Å²) in [5.74, 6) is 2.24. The molecule has 1 aliphatic rings. The van der Waals surface area contributed by atoms with Gasteiger partial charge in [0.25, 0.3) is 0 Å². The summed E-state index contributed by atoms with van der Waals surface area (Å²) in [6.45, 7) is 11.7. The topological polar surface area (TPSA) is 49.3 Å². The molecule has 0 aromatic carbocycles. The highest BCUT2D eigenvalue weighted by Crippen LogP contribution is 2.35. The second-order valence-corrected chi connectivity index (χ2v) is 7.60. The van der Waals surface area contributed by atoms with Gasteiger partial charge in [0.15, 0.2) is 0 Å². The van der Waals surface area contributed by atoms with Crippen LogP contribution in [0.4, 0.5) is 5.82 Å². The van der Waals surface area contributed by atoms with Crippen molar-refractivity contribution in [2.24, 2.45) is 0 Å². The van der Waals surface area contributed by atoms with Gasteiger partial charge >= 0.3 is 0 Å². The molecule has 2 aromatic rings. The van der Waals surface area contributed by atoms with E-state index < -0.39 is 0 Å². The minimum absolute atomic E-state index is 0.279. The molecular weight excluding hydrogens is 320 g/mol. The SMILES string of the molecule is CCCC(=O)N1CCN(c2nc(CC)nc3sc(C)c(C)c23)CC1. The maximum atomic E-state index is 12.1. The molecular formula is C18H26N4OS. The monoisotopic (exact) mass is 346 g/mol. The number of hydrogen-bond donors (Lipinski definition) is 0. The summed E-state index contributed by atoms with van der Waals surface area (Å²) in [6, 6.07) is 0.